The van der Waals surface area contributed by atoms with E-state index in [4.69, 9.17) is 14.2 Å². The van der Waals surface area contributed by atoms with Crippen molar-refractivity contribution in [1.29, 1.82) is 0 Å². The molecular weight excluding hydrogens is 420 g/mol. The van der Waals surface area contributed by atoms with Gasteiger partial charge in [-0.05, 0) is 48.7 Å². The molecule has 0 radical (unpaired) electrons. The molecule has 0 saturated carbocycles. The Kier molecular flexibility index (Phi) is 9.83. The topological polar surface area (TPSA) is 78.9 Å². The molecule has 0 fully saturated rings. The number of esters is 3. The fourth-order valence-electron chi connectivity index (χ4n) is 2.60. The van der Waals surface area contributed by atoms with E-state index >= 15 is 0 Å². The van der Waals surface area contributed by atoms with Gasteiger partial charge in [-0.2, -0.15) is 0 Å². The number of carbonyl (C=O) groups is 3. The Bertz CT molecular complexity index is 1030. The highest BCUT2D eigenvalue weighted by Gasteiger charge is 2.05. The van der Waals surface area contributed by atoms with Crippen molar-refractivity contribution < 1.29 is 28.6 Å². The van der Waals surface area contributed by atoms with Crippen LogP contribution in [-0.2, 0) is 36.7 Å². The molecule has 6 heteroatoms. The van der Waals surface area contributed by atoms with E-state index in [2.05, 4.69) is 13.2 Å². The van der Waals surface area contributed by atoms with Gasteiger partial charge < -0.3 is 14.2 Å². The smallest absolute Gasteiger partial charge is 0.336 e. The van der Waals surface area contributed by atoms with Gasteiger partial charge in [-0.15, -0.1) is 0 Å². The van der Waals surface area contributed by atoms with Crippen LogP contribution >= 0.6 is 0 Å². The highest BCUT2D eigenvalue weighted by Crippen LogP contribution is 2.14. The summed E-state index contributed by atoms with van der Waals surface area (Å²) in [5.41, 5.74) is 3.55. The summed E-state index contributed by atoms with van der Waals surface area (Å²) in [5, 5.41) is 0. The van der Waals surface area contributed by atoms with E-state index in [9.17, 15) is 14.4 Å². The number of benzene rings is 2. The lowest BCUT2D eigenvalue weighted by molar-refractivity contribution is -0.139. The van der Waals surface area contributed by atoms with Crippen LogP contribution in [0, 0.1) is 0 Å². The van der Waals surface area contributed by atoms with Crippen LogP contribution in [0.3, 0.4) is 0 Å². The number of ether oxygens (including phenoxy) is 3. The van der Waals surface area contributed by atoms with Crippen molar-refractivity contribution in [2.24, 2.45) is 0 Å². The second-order valence-electron chi connectivity index (χ2n) is 7.47. The minimum absolute atomic E-state index is 0.256. The van der Waals surface area contributed by atoms with Crippen LogP contribution in [0.15, 0.2) is 78.9 Å². The van der Waals surface area contributed by atoms with Crippen molar-refractivity contribution in [3.8, 4) is 5.75 Å². The molecule has 0 heterocycles. The predicted molar refractivity (Wildman–Crippen MR) is 127 cm³/mol. The van der Waals surface area contributed by atoms with E-state index < -0.39 is 17.9 Å². The van der Waals surface area contributed by atoms with Gasteiger partial charge in [-0.3, -0.25) is 0 Å². The predicted octanol–water partition coefficient (Wildman–Crippen LogP) is 4.63. The summed E-state index contributed by atoms with van der Waals surface area (Å²) in [7, 11) is 0. The van der Waals surface area contributed by atoms with Gasteiger partial charge in [0, 0.05) is 30.1 Å². The molecule has 0 N–H and O–H groups in total. The maximum Gasteiger partial charge on any atom is 0.336 e. The van der Waals surface area contributed by atoms with Gasteiger partial charge >= 0.3 is 17.9 Å². The average Bonchev–Trinajstić information content (AvgIpc) is 2.79. The van der Waals surface area contributed by atoms with E-state index in [0.717, 1.165) is 16.7 Å². The Labute approximate surface area is 194 Å². The van der Waals surface area contributed by atoms with Crippen molar-refractivity contribution in [3.63, 3.8) is 0 Å². The molecule has 2 aromatic carbocycles. The van der Waals surface area contributed by atoms with Gasteiger partial charge in [0.1, 0.15) is 5.75 Å². The van der Waals surface area contributed by atoms with Crippen molar-refractivity contribution in [3.05, 3.63) is 95.6 Å². The summed E-state index contributed by atoms with van der Waals surface area (Å²) in [6, 6.07) is 14.6. The lowest BCUT2D eigenvalue weighted by Crippen LogP contribution is -2.08. The Morgan fingerprint density at radius 3 is 1.67 bits per heavy atom. The summed E-state index contributed by atoms with van der Waals surface area (Å²) in [4.78, 5) is 34.8. The molecule has 0 amide bonds. The first kappa shape index (κ1) is 25.3. The molecule has 2 aromatic rings. The molecule has 0 unspecified atom stereocenters. The van der Waals surface area contributed by atoms with Crippen LogP contribution in [-0.4, -0.2) is 31.1 Å². The van der Waals surface area contributed by atoms with Gasteiger partial charge in [-0.25, -0.2) is 14.4 Å². The molecule has 33 heavy (non-hydrogen) atoms. The lowest BCUT2D eigenvalue weighted by atomic mass is 10.1. The second kappa shape index (κ2) is 12.8. The Balaban J connectivity index is 1.77. The Hall–Kier alpha value is -3.93. The molecule has 0 bridgehead atoms. The second-order valence-corrected chi connectivity index (χ2v) is 7.47. The van der Waals surface area contributed by atoms with Crippen molar-refractivity contribution >= 4 is 24.0 Å². The van der Waals surface area contributed by atoms with Crippen molar-refractivity contribution in [1.82, 2.24) is 0 Å². The van der Waals surface area contributed by atoms with E-state index in [1.807, 2.05) is 36.4 Å². The van der Waals surface area contributed by atoms with Gasteiger partial charge in [0.2, 0.25) is 0 Å². The largest absolute Gasteiger partial charge is 0.462 e. The summed E-state index contributed by atoms with van der Waals surface area (Å²) in [6.45, 7) is 10.8. The van der Waals surface area contributed by atoms with Crippen LogP contribution in [0.5, 0.6) is 5.75 Å². The van der Waals surface area contributed by atoms with E-state index in [0.29, 0.717) is 29.7 Å². The molecule has 0 spiro atoms. The summed E-state index contributed by atoms with van der Waals surface area (Å²) >= 11 is 0. The van der Waals surface area contributed by atoms with Gasteiger partial charge in [-0.1, -0.05) is 49.6 Å². The number of hydrogen-bond donors (Lipinski definition) is 0. The minimum atomic E-state index is -0.492. The van der Waals surface area contributed by atoms with Crippen molar-refractivity contribution in [2.45, 2.75) is 26.7 Å². The molecule has 0 aliphatic carbocycles. The van der Waals surface area contributed by atoms with Crippen LogP contribution in [0.4, 0.5) is 0 Å². The normalized spacial score (nSPS) is 10.5. The highest BCUT2D eigenvalue weighted by molar-refractivity contribution is 5.89. The van der Waals surface area contributed by atoms with Crippen LogP contribution in [0.2, 0.25) is 0 Å². The molecule has 172 valence electrons. The average molecular weight is 449 g/mol. The number of carbonyl (C=O) groups excluding carboxylic acids is 3. The molecule has 0 aliphatic rings. The number of hydrogen-bond acceptors (Lipinski definition) is 6. The third-order valence-corrected chi connectivity index (χ3v) is 4.48. The fraction of sp³-hybridized carbons (Fsp3) is 0.222. The summed E-state index contributed by atoms with van der Waals surface area (Å²) in [6.07, 6.45) is 4.17. The Morgan fingerprint density at radius 1 is 0.758 bits per heavy atom. The first-order chi connectivity index (χ1) is 15.7. The molecular formula is C27H28O6. The van der Waals surface area contributed by atoms with E-state index in [1.165, 1.54) is 6.08 Å². The maximum atomic E-state index is 12.1. The molecule has 0 aliphatic heterocycles. The first-order valence-electron chi connectivity index (χ1n) is 10.5. The first-order valence-corrected chi connectivity index (χ1v) is 10.5. The zero-order valence-corrected chi connectivity index (χ0v) is 19.0. The molecule has 0 atom stereocenters. The molecule has 0 saturated heterocycles. The van der Waals surface area contributed by atoms with Gasteiger partial charge in [0.25, 0.3) is 0 Å². The molecule has 2 rings (SSSR count). The third kappa shape index (κ3) is 9.39. The summed E-state index contributed by atoms with van der Waals surface area (Å²) < 4.78 is 15.5. The number of rotatable bonds is 11. The van der Waals surface area contributed by atoms with E-state index in [-0.39, 0.29) is 13.2 Å². The van der Waals surface area contributed by atoms with Crippen LogP contribution in [0.25, 0.3) is 6.08 Å². The van der Waals surface area contributed by atoms with Crippen molar-refractivity contribution in [2.75, 3.05) is 13.2 Å². The Morgan fingerprint density at radius 2 is 1.21 bits per heavy atom. The standard InChI is InChI=1S/C27H28O6/c1-19(2)26(29)31-17-15-22-7-5-21(6-8-22)11-14-25(28)33-24-12-9-23(10-13-24)16-18-32-27(30)20(3)4/h5-14H,1,3,15-18H2,2,4H3/b14-11+. The van der Waals surface area contributed by atoms with E-state index in [1.54, 1.807) is 32.1 Å². The monoisotopic (exact) mass is 448 g/mol. The van der Waals surface area contributed by atoms with Crippen LogP contribution in [0.1, 0.15) is 30.5 Å². The zero-order valence-electron chi connectivity index (χ0n) is 19.0. The lowest BCUT2D eigenvalue weighted by Gasteiger charge is -2.06. The minimum Gasteiger partial charge on any atom is -0.462 e. The highest BCUT2D eigenvalue weighted by atomic mass is 16.5. The quantitative estimate of drug-likeness (QED) is 0.283. The third-order valence-electron chi connectivity index (χ3n) is 4.48. The zero-order chi connectivity index (χ0) is 24.2. The molecule has 0 aromatic heterocycles. The SMILES string of the molecule is C=C(C)C(=O)OCCc1ccc(/C=C/C(=O)Oc2ccc(CCOC(=O)C(=C)C)cc2)cc1. The van der Waals surface area contributed by atoms with Gasteiger partial charge in [0.05, 0.1) is 13.2 Å². The van der Waals surface area contributed by atoms with Crippen LogP contribution < -0.4 is 4.74 Å². The molecule has 6 nitrogen and oxygen atoms in total. The summed E-state index contributed by atoms with van der Waals surface area (Å²) in [5.74, 6) is -0.876. The maximum absolute atomic E-state index is 12.1. The fourth-order valence-corrected chi connectivity index (χ4v) is 2.60. The van der Waals surface area contributed by atoms with Gasteiger partial charge in [0.15, 0.2) is 0 Å².